The Balaban J connectivity index is 1.72. The summed E-state index contributed by atoms with van der Waals surface area (Å²) < 4.78 is 12.2. The maximum atomic E-state index is 8.93. The molecule has 2 rings (SSSR count). The largest absolute Gasteiger partial charge is 0.493 e. The molecule has 3 nitrogen and oxygen atoms in total. The minimum atomic E-state index is 0.523. The van der Waals surface area contributed by atoms with E-state index in [2.05, 4.69) is 22.0 Å². The van der Waals surface area contributed by atoms with Crippen LogP contribution in [-0.4, -0.2) is 13.2 Å². The lowest BCUT2D eigenvalue weighted by molar-refractivity contribution is 0.247. The molecule has 102 valence electrons. The summed E-state index contributed by atoms with van der Waals surface area (Å²) in [4.78, 5) is 0. The number of nitrogens with zero attached hydrogens (tertiary/aromatic N) is 1. The van der Waals surface area contributed by atoms with E-state index in [1.165, 1.54) is 0 Å². The Kier molecular flexibility index (Phi) is 5.45. The van der Waals surface area contributed by atoms with Gasteiger partial charge < -0.3 is 9.47 Å². The van der Waals surface area contributed by atoms with E-state index in [1.807, 2.05) is 36.4 Å². The third-order valence-electron chi connectivity index (χ3n) is 2.64. The number of rotatable bonds is 6. The summed E-state index contributed by atoms with van der Waals surface area (Å²) in [5.74, 6) is 1.46. The molecular weight excluding hydrogens is 318 g/mol. The van der Waals surface area contributed by atoms with Gasteiger partial charge in [0.05, 0.1) is 18.8 Å². The molecule has 0 unspecified atom stereocenters. The van der Waals surface area contributed by atoms with E-state index in [4.69, 9.17) is 14.7 Å². The molecule has 2 aromatic carbocycles. The predicted octanol–water partition coefficient (Wildman–Crippen LogP) is 4.17. The highest BCUT2D eigenvalue weighted by atomic mass is 79.9. The predicted molar refractivity (Wildman–Crippen MR) is 80.9 cm³/mol. The number of benzene rings is 2. The lowest BCUT2D eigenvalue weighted by Crippen LogP contribution is -2.05. The molecule has 0 atom stereocenters. The molecule has 0 saturated heterocycles. The lowest BCUT2D eigenvalue weighted by Gasteiger charge is -2.09. The van der Waals surface area contributed by atoms with Gasteiger partial charge in [-0.25, -0.2) is 0 Å². The van der Waals surface area contributed by atoms with Crippen LogP contribution in [-0.2, 0) is 0 Å². The van der Waals surface area contributed by atoms with E-state index in [-0.39, 0.29) is 0 Å². The van der Waals surface area contributed by atoms with Crippen molar-refractivity contribution in [3.63, 3.8) is 0 Å². The molecule has 0 aromatic heterocycles. The summed E-state index contributed by atoms with van der Waals surface area (Å²) in [6.07, 6.45) is 0.760. The normalized spacial score (nSPS) is 9.80. The van der Waals surface area contributed by atoms with Gasteiger partial charge in [-0.3, -0.25) is 0 Å². The van der Waals surface area contributed by atoms with Crippen LogP contribution in [0.3, 0.4) is 0 Å². The topological polar surface area (TPSA) is 42.2 Å². The molecule has 0 fully saturated rings. The van der Waals surface area contributed by atoms with Crippen molar-refractivity contribution >= 4 is 15.9 Å². The van der Waals surface area contributed by atoms with Crippen molar-refractivity contribution in [2.24, 2.45) is 0 Å². The Hall–Kier alpha value is -1.99. The highest BCUT2D eigenvalue weighted by molar-refractivity contribution is 9.10. The standard InChI is InChI=1S/C16H14BrNO2/c17-14-6-8-15(9-7-14)19-10-3-11-20-16-5-2-1-4-13(16)12-18/h1-2,4-9H,3,10-11H2. The second kappa shape index (κ2) is 7.56. The van der Waals surface area contributed by atoms with E-state index in [0.717, 1.165) is 16.6 Å². The molecular formula is C16H14BrNO2. The van der Waals surface area contributed by atoms with Crippen molar-refractivity contribution in [3.05, 3.63) is 58.6 Å². The summed E-state index contributed by atoms with van der Waals surface area (Å²) in [7, 11) is 0. The zero-order valence-electron chi connectivity index (χ0n) is 10.9. The number of hydrogen-bond donors (Lipinski definition) is 0. The summed E-state index contributed by atoms with van der Waals surface area (Å²) in [5, 5.41) is 8.93. The molecule has 0 amide bonds. The van der Waals surface area contributed by atoms with Gasteiger partial charge in [0.2, 0.25) is 0 Å². The Bertz CT molecular complexity index is 590. The molecule has 0 heterocycles. The number of nitriles is 1. The minimum absolute atomic E-state index is 0.523. The zero-order valence-corrected chi connectivity index (χ0v) is 12.5. The monoisotopic (exact) mass is 331 g/mol. The zero-order chi connectivity index (χ0) is 14.2. The summed E-state index contributed by atoms with van der Waals surface area (Å²) in [5.41, 5.74) is 0.557. The lowest BCUT2D eigenvalue weighted by atomic mass is 10.2. The van der Waals surface area contributed by atoms with Crippen LogP contribution < -0.4 is 9.47 Å². The van der Waals surface area contributed by atoms with Gasteiger partial charge in [-0.15, -0.1) is 0 Å². The second-order valence-electron chi connectivity index (χ2n) is 4.11. The number of hydrogen-bond acceptors (Lipinski definition) is 3. The van der Waals surface area contributed by atoms with Crippen molar-refractivity contribution in [1.82, 2.24) is 0 Å². The van der Waals surface area contributed by atoms with Crippen LogP contribution in [0.25, 0.3) is 0 Å². The molecule has 0 saturated carbocycles. The average molecular weight is 332 g/mol. The quantitative estimate of drug-likeness (QED) is 0.746. The molecule has 2 aromatic rings. The van der Waals surface area contributed by atoms with Crippen LogP contribution in [0.1, 0.15) is 12.0 Å². The van der Waals surface area contributed by atoms with Crippen molar-refractivity contribution in [3.8, 4) is 17.6 Å². The van der Waals surface area contributed by atoms with Gasteiger partial charge in [0.25, 0.3) is 0 Å². The van der Waals surface area contributed by atoms with Crippen molar-refractivity contribution in [2.45, 2.75) is 6.42 Å². The fourth-order valence-electron chi connectivity index (χ4n) is 1.65. The fraction of sp³-hybridized carbons (Fsp3) is 0.188. The van der Waals surface area contributed by atoms with Crippen LogP contribution in [0.5, 0.6) is 11.5 Å². The SMILES string of the molecule is N#Cc1ccccc1OCCCOc1ccc(Br)cc1. The van der Waals surface area contributed by atoms with E-state index in [0.29, 0.717) is 24.5 Å². The average Bonchev–Trinajstić information content (AvgIpc) is 2.49. The van der Waals surface area contributed by atoms with Gasteiger partial charge in [-0.05, 0) is 36.4 Å². The molecule has 0 aliphatic carbocycles. The van der Waals surface area contributed by atoms with Crippen molar-refractivity contribution in [1.29, 1.82) is 5.26 Å². The smallest absolute Gasteiger partial charge is 0.137 e. The fourth-order valence-corrected chi connectivity index (χ4v) is 1.91. The first-order valence-electron chi connectivity index (χ1n) is 6.30. The highest BCUT2D eigenvalue weighted by Crippen LogP contribution is 2.17. The molecule has 0 aliphatic rings. The molecule has 20 heavy (non-hydrogen) atoms. The van der Waals surface area contributed by atoms with E-state index < -0.39 is 0 Å². The van der Waals surface area contributed by atoms with Crippen molar-refractivity contribution in [2.75, 3.05) is 13.2 Å². The molecule has 0 N–H and O–H groups in total. The maximum absolute atomic E-state index is 8.93. The van der Waals surface area contributed by atoms with Gasteiger partial charge >= 0.3 is 0 Å². The summed E-state index contributed by atoms with van der Waals surface area (Å²) in [6, 6.07) is 17.0. The number of halogens is 1. The van der Waals surface area contributed by atoms with Gasteiger partial charge in [-0.1, -0.05) is 28.1 Å². The Labute approximate surface area is 126 Å². The molecule has 0 aliphatic heterocycles. The van der Waals surface area contributed by atoms with E-state index in [1.54, 1.807) is 12.1 Å². The third kappa shape index (κ3) is 4.29. The Morgan fingerprint density at radius 3 is 2.40 bits per heavy atom. The van der Waals surface area contributed by atoms with E-state index in [9.17, 15) is 0 Å². The van der Waals surface area contributed by atoms with Crippen LogP contribution in [0.4, 0.5) is 0 Å². The minimum Gasteiger partial charge on any atom is -0.493 e. The molecule has 0 spiro atoms. The first-order chi connectivity index (χ1) is 9.79. The summed E-state index contributed by atoms with van der Waals surface area (Å²) >= 11 is 3.38. The number of para-hydroxylation sites is 1. The van der Waals surface area contributed by atoms with Crippen LogP contribution in [0.15, 0.2) is 53.0 Å². The van der Waals surface area contributed by atoms with Gasteiger partial charge in [0, 0.05) is 10.9 Å². The Morgan fingerprint density at radius 1 is 0.950 bits per heavy atom. The van der Waals surface area contributed by atoms with Crippen LogP contribution in [0.2, 0.25) is 0 Å². The van der Waals surface area contributed by atoms with Crippen LogP contribution in [0, 0.1) is 11.3 Å². The van der Waals surface area contributed by atoms with Crippen LogP contribution >= 0.6 is 15.9 Å². The third-order valence-corrected chi connectivity index (χ3v) is 3.16. The number of ether oxygens (including phenoxy) is 2. The first kappa shape index (κ1) is 14.4. The van der Waals surface area contributed by atoms with Gasteiger partial charge in [-0.2, -0.15) is 5.26 Å². The maximum Gasteiger partial charge on any atom is 0.137 e. The van der Waals surface area contributed by atoms with Gasteiger partial charge in [0.15, 0.2) is 0 Å². The van der Waals surface area contributed by atoms with Gasteiger partial charge in [0.1, 0.15) is 17.6 Å². The highest BCUT2D eigenvalue weighted by Gasteiger charge is 2.01. The molecule has 0 radical (unpaired) electrons. The molecule has 4 heteroatoms. The Morgan fingerprint density at radius 2 is 1.65 bits per heavy atom. The summed E-state index contributed by atoms with van der Waals surface area (Å²) in [6.45, 7) is 1.10. The first-order valence-corrected chi connectivity index (χ1v) is 7.09. The van der Waals surface area contributed by atoms with Crippen molar-refractivity contribution < 1.29 is 9.47 Å². The second-order valence-corrected chi connectivity index (χ2v) is 5.03. The molecule has 0 bridgehead atoms. The van der Waals surface area contributed by atoms with E-state index >= 15 is 0 Å².